The molecule has 2 heterocycles. The van der Waals surface area contributed by atoms with Gasteiger partial charge in [0.2, 0.25) is 0 Å². The monoisotopic (exact) mass is 380 g/mol. The molecule has 0 unspecified atom stereocenters. The zero-order valence-corrected chi connectivity index (χ0v) is 15.2. The highest BCUT2D eigenvalue weighted by Crippen LogP contribution is 2.24. The van der Waals surface area contributed by atoms with E-state index in [2.05, 4.69) is 49.3 Å². The summed E-state index contributed by atoms with van der Waals surface area (Å²) in [5.41, 5.74) is 1.36. The van der Waals surface area contributed by atoms with Gasteiger partial charge in [-0.25, -0.2) is 0 Å². The molecule has 1 aromatic heterocycles. The van der Waals surface area contributed by atoms with E-state index in [1.165, 1.54) is 14.9 Å². The second-order valence-corrected chi connectivity index (χ2v) is 7.45. The van der Waals surface area contributed by atoms with Crippen molar-refractivity contribution in [2.45, 2.75) is 13.1 Å². The van der Waals surface area contributed by atoms with Crippen LogP contribution in [-0.2, 0) is 13.1 Å². The van der Waals surface area contributed by atoms with Gasteiger partial charge >= 0.3 is 0 Å². The number of thiophene rings is 1. The predicted molar refractivity (Wildman–Crippen MR) is 95.6 cm³/mol. The highest BCUT2D eigenvalue weighted by molar-refractivity contribution is 9.10. The normalized spacial score (nSPS) is 16.8. The van der Waals surface area contributed by atoms with Gasteiger partial charge in [0.15, 0.2) is 0 Å². The Morgan fingerprint density at radius 3 is 2.18 bits per heavy atom. The van der Waals surface area contributed by atoms with Crippen molar-refractivity contribution in [2.75, 3.05) is 33.3 Å². The molecule has 1 aromatic carbocycles. The van der Waals surface area contributed by atoms with E-state index < -0.39 is 0 Å². The molecule has 0 aliphatic carbocycles. The van der Waals surface area contributed by atoms with Crippen LogP contribution >= 0.6 is 27.3 Å². The van der Waals surface area contributed by atoms with Gasteiger partial charge in [-0.1, -0.05) is 12.1 Å². The summed E-state index contributed by atoms with van der Waals surface area (Å²) in [5.74, 6) is 0.926. The number of halogens is 1. The number of hydrogen-bond acceptors (Lipinski definition) is 4. The molecular formula is C17H21BrN2OS. The lowest BCUT2D eigenvalue weighted by Gasteiger charge is -2.34. The van der Waals surface area contributed by atoms with E-state index in [-0.39, 0.29) is 0 Å². The average Bonchev–Trinajstić information content (AvgIpc) is 2.95. The molecule has 0 bridgehead atoms. The fraction of sp³-hybridized carbons (Fsp3) is 0.412. The first-order valence-corrected chi connectivity index (χ1v) is 9.21. The molecule has 118 valence electrons. The third kappa shape index (κ3) is 4.10. The molecule has 1 aliphatic rings. The van der Waals surface area contributed by atoms with Crippen LogP contribution in [-0.4, -0.2) is 43.1 Å². The number of nitrogens with zero attached hydrogens (tertiary/aromatic N) is 2. The van der Waals surface area contributed by atoms with E-state index in [0.717, 1.165) is 45.0 Å². The molecule has 1 aliphatic heterocycles. The third-order valence-electron chi connectivity index (χ3n) is 4.09. The Bertz CT molecular complexity index is 591. The predicted octanol–water partition coefficient (Wildman–Crippen LogP) is 3.84. The fourth-order valence-electron chi connectivity index (χ4n) is 2.74. The highest BCUT2D eigenvalue weighted by atomic mass is 79.9. The molecule has 2 aromatic rings. The van der Waals surface area contributed by atoms with E-state index in [1.807, 2.05) is 23.5 Å². The minimum Gasteiger partial charge on any atom is -0.497 e. The highest BCUT2D eigenvalue weighted by Gasteiger charge is 2.18. The molecular weight excluding hydrogens is 360 g/mol. The first-order chi connectivity index (χ1) is 10.7. The Labute approximate surface area is 144 Å². The number of rotatable bonds is 5. The first-order valence-electron chi connectivity index (χ1n) is 7.54. The maximum atomic E-state index is 5.21. The fourth-order valence-corrected chi connectivity index (χ4v) is 4.25. The zero-order chi connectivity index (χ0) is 15.4. The van der Waals surface area contributed by atoms with Gasteiger partial charge < -0.3 is 4.74 Å². The minimum absolute atomic E-state index is 0.926. The minimum atomic E-state index is 0.926. The maximum absolute atomic E-state index is 5.21. The van der Waals surface area contributed by atoms with Crippen LogP contribution < -0.4 is 4.74 Å². The van der Waals surface area contributed by atoms with Gasteiger partial charge in [-0.15, -0.1) is 11.3 Å². The molecule has 3 nitrogen and oxygen atoms in total. The summed E-state index contributed by atoms with van der Waals surface area (Å²) in [5, 5.41) is 2.15. The molecule has 1 saturated heterocycles. The molecule has 0 atom stereocenters. The molecule has 3 rings (SSSR count). The van der Waals surface area contributed by atoms with Gasteiger partial charge in [-0.2, -0.15) is 0 Å². The Kier molecular flexibility index (Phi) is 5.52. The number of ether oxygens (including phenoxy) is 1. The van der Waals surface area contributed by atoms with Crippen molar-refractivity contribution < 1.29 is 4.74 Å². The van der Waals surface area contributed by atoms with Crippen LogP contribution in [0.1, 0.15) is 10.4 Å². The summed E-state index contributed by atoms with van der Waals surface area (Å²) < 4.78 is 6.46. The standard InChI is InChI=1S/C17H21BrN2OS/c1-21-15-4-2-14(3-5-15)12-19-7-9-20(10-8-19)13-17-16(18)6-11-22-17/h2-6,11H,7-10,12-13H2,1H3. The van der Waals surface area contributed by atoms with E-state index in [9.17, 15) is 0 Å². The summed E-state index contributed by atoms with van der Waals surface area (Å²) in [7, 11) is 1.71. The Hall–Kier alpha value is -0.880. The average molecular weight is 381 g/mol. The van der Waals surface area contributed by atoms with Crippen molar-refractivity contribution in [2.24, 2.45) is 0 Å². The van der Waals surface area contributed by atoms with E-state index in [0.29, 0.717) is 0 Å². The van der Waals surface area contributed by atoms with Crippen molar-refractivity contribution in [3.8, 4) is 5.75 Å². The lowest BCUT2D eigenvalue weighted by atomic mass is 10.2. The van der Waals surface area contributed by atoms with Crippen LogP contribution in [0, 0.1) is 0 Å². The largest absolute Gasteiger partial charge is 0.497 e. The van der Waals surface area contributed by atoms with Gasteiger partial charge in [0.25, 0.3) is 0 Å². The Morgan fingerprint density at radius 2 is 1.64 bits per heavy atom. The van der Waals surface area contributed by atoms with Crippen molar-refractivity contribution in [1.82, 2.24) is 9.80 Å². The van der Waals surface area contributed by atoms with Gasteiger partial charge in [-0.05, 0) is 45.1 Å². The van der Waals surface area contributed by atoms with Crippen molar-refractivity contribution in [3.05, 3.63) is 50.6 Å². The SMILES string of the molecule is COc1ccc(CN2CCN(Cc3sccc3Br)CC2)cc1. The first kappa shape index (κ1) is 16.0. The number of hydrogen-bond donors (Lipinski definition) is 0. The Morgan fingerprint density at radius 1 is 1.00 bits per heavy atom. The van der Waals surface area contributed by atoms with Crippen molar-refractivity contribution in [3.63, 3.8) is 0 Å². The smallest absolute Gasteiger partial charge is 0.118 e. The molecule has 0 spiro atoms. The van der Waals surface area contributed by atoms with E-state index in [4.69, 9.17) is 4.74 Å². The number of methoxy groups -OCH3 is 1. The second-order valence-electron chi connectivity index (χ2n) is 5.59. The van der Waals surface area contributed by atoms with Crippen LogP contribution in [0.15, 0.2) is 40.2 Å². The van der Waals surface area contributed by atoms with Crippen molar-refractivity contribution in [1.29, 1.82) is 0 Å². The van der Waals surface area contributed by atoms with Gasteiger partial charge in [0.05, 0.1) is 7.11 Å². The molecule has 22 heavy (non-hydrogen) atoms. The summed E-state index contributed by atoms with van der Waals surface area (Å²) in [6.45, 7) is 6.64. The van der Waals surface area contributed by atoms with E-state index >= 15 is 0 Å². The van der Waals surface area contributed by atoms with Crippen LogP contribution in [0.25, 0.3) is 0 Å². The lowest BCUT2D eigenvalue weighted by molar-refractivity contribution is 0.122. The molecule has 5 heteroatoms. The number of piperazine rings is 1. The Balaban J connectivity index is 1.48. The molecule has 0 N–H and O–H groups in total. The maximum Gasteiger partial charge on any atom is 0.118 e. The van der Waals surface area contributed by atoms with Gasteiger partial charge in [-0.3, -0.25) is 9.80 Å². The van der Waals surface area contributed by atoms with Crippen LogP contribution in [0.3, 0.4) is 0 Å². The quantitative estimate of drug-likeness (QED) is 0.783. The zero-order valence-electron chi connectivity index (χ0n) is 12.8. The summed E-state index contributed by atoms with van der Waals surface area (Å²) >= 11 is 5.46. The van der Waals surface area contributed by atoms with Crippen molar-refractivity contribution >= 4 is 27.3 Å². The van der Waals surface area contributed by atoms with Crippen LogP contribution in [0.5, 0.6) is 5.75 Å². The topological polar surface area (TPSA) is 15.7 Å². The summed E-state index contributed by atoms with van der Waals surface area (Å²) in [6, 6.07) is 10.5. The molecule has 1 fully saturated rings. The van der Waals surface area contributed by atoms with Crippen LogP contribution in [0.4, 0.5) is 0 Å². The molecule has 0 saturated carbocycles. The van der Waals surface area contributed by atoms with E-state index in [1.54, 1.807) is 7.11 Å². The van der Waals surface area contributed by atoms with Gasteiger partial charge in [0, 0.05) is 48.6 Å². The van der Waals surface area contributed by atoms with Crippen LogP contribution in [0.2, 0.25) is 0 Å². The second kappa shape index (κ2) is 7.59. The third-order valence-corrected chi connectivity index (χ3v) is 6.00. The lowest BCUT2D eigenvalue weighted by Crippen LogP contribution is -2.45. The summed E-state index contributed by atoms with van der Waals surface area (Å²) in [6.07, 6.45) is 0. The number of benzene rings is 1. The van der Waals surface area contributed by atoms with Gasteiger partial charge in [0.1, 0.15) is 5.75 Å². The summed E-state index contributed by atoms with van der Waals surface area (Å²) in [4.78, 5) is 6.51. The molecule has 0 amide bonds. The molecule has 0 radical (unpaired) electrons.